The summed E-state index contributed by atoms with van der Waals surface area (Å²) in [6.45, 7) is 0. The van der Waals surface area contributed by atoms with Gasteiger partial charge in [0, 0.05) is 0 Å². The van der Waals surface area contributed by atoms with Crippen molar-refractivity contribution in [2.75, 3.05) is 0 Å². The third-order valence-corrected chi connectivity index (χ3v) is 0.729. The summed E-state index contributed by atoms with van der Waals surface area (Å²) in [7, 11) is 0. The minimum absolute atomic E-state index is 0. The SMILES string of the molecule is F.F.F.F.O=C(O)C(F)C(F)C(=O)O. The number of carboxylic acid groups (broad SMARTS) is 2. The van der Waals surface area contributed by atoms with Crippen molar-refractivity contribution in [2.45, 2.75) is 12.3 Å². The van der Waals surface area contributed by atoms with E-state index in [9.17, 15) is 18.4 Å². The summed E-state index contributed by atoms with van der Waals surface area (Å²) >= 11 is 0. The third-order valence-electron chi connectivity index (χ3n) is 0.729. The molecule has 0 saturated heterocycles. The van der Waals surface area contributed by atoms with Gasteiger partial charge in [-0.15, -0.1) is 0 Å². The predicted octanol–water partition coefficient (Wildman–Crippen LogP) is 0.442. The first-order valence-corrected chi connectivity index (χ1v) is 2.20. The number of alkyl halides is 2. The van der Waals surface area contributed by atoms with Crippen LogP contribution in [0.15, 0.2) is 0 Å². The first kappa shape index (κ1) is 29.4. The van der Waals surface area contributed by atoms with Crippen LogP contribution in [0.1, 0.15) is 0 Å². The Morgan fingerprint density at radius 3 is 1.00 bits per heavy atom. The summed E-state index contributed by atoms with van der Waals surface area (Å²) in [6.07, 6.45) is -5.98. The van der Waals surface area contributed by atoms with Crippen LogP contribution in [0.5, 0.6) is 0 Å². The first-order chi connectivity index (χ1) is 4.46. The molecule has 0 rings (SSSR count). The second-order valence-electron chi connectivity index (χ2n) is 1.48. The number of carbonyl (C=O) groups is 2. The van der Waals surface area contributed by atoms with Gasteiger partial charge in [0.2, 0.25) is 12.3 Å². The highest BCUT2D eigenvalue weighted by Crippen LogP contribution is 2.03. The van der Waals surface area contributed by atoms with Crippen LogP contribution in [0.3, 0.4) is 0 Å². The van der Waals surface area contributed by atoms with E-state index in [1.807, 2.05) is 0 Å². The molecular weight excluding hydrogens is 226 g/mol. The summed E-state index contributed by atoms with van der Waals surface area (Å²) in [6, 6.07) is 0. The largest absolute Gasteiger partial charge is 0.479 e. The maximum Gasteiger partial charge on any atom is 0.342 e. The molecule has 0 bridgehead atoms. The summed E-state index contributed by atoms with van der Waals surface area (Å²) in [4.78, 5) is 19.1. The maximum atomic E-state index is 11.8. The average Bonchev–Trinajstić information content (AvgIpc) is 1.84. The van der Waals surface area contributed by atoms with Crippen LogP contribution < -0.4 is 0 Å². The molecule has 0 spiro atoms. The van der Waals surface area contributed by atoms with Crippen molar-refractivity contribution in [1.29, 1.82) is 0 Å². The minimum atomic E-state index is -2.99. The molecule has 2 N–H and O–H groups in total. The topological polar surface area (TPSA) is 74.6 Å². The number of aliphatic carboxylic acids is 2. The molecule has 10 heteroatoms. The van der Waals surface area contributed by atoms with Gasteiger partial charge in [0.25, 0.3) is 0 Å². The van der Waals surface area contributed by atoms with E-state index >= 15 is 0 Å². The lowest BCUT2D eigenvalue weighted by atomic mass is 10.2. The highest BCUT2D eigenvalue weighted by Gasteiger charge is 2.33. The molecular formula is C4H8F6O4. The zero-order valence-electron chi connectivity index (χ0n) is 6.25. The third kappa shape index (κ3) is 8.62. The molecule has 0 aliphatic heterocycles. The number of halogens is 6. The fraction of sp³-hybridized carbons (Fsp3) is 0.500. The molecule has 0 aromatic carbocycles. The van der Waals surface area contributed by atoms with E-state index in [-0.39, 0.29) is 18.8 Å². The lowest BCUT2D eigenvalue weighted by Gasteiger charge is -2.02. The summed E-state index contributed by atoms with van der Waals surface area (Å²) in [5.74, 6) is -4.23. The number of hydrogen-bond donors (Lipinski definition) is 2. The Hall–Kier alpha value is -1.48. The van der Waals surface area contributed by atoms with Gasteiger partial charge < -0.3 is 10.2 Å². The van der Waals surface area contributed by atoms with Gasteiger partial charge >= 0.3 is 11.9 Å². The molecule has 0 saturated carbocycles. The second kappa shape index (κ2) is 11.5. The molecule has 0 radical (unpaired) electrons. The van der Waals surface area contributed by atoms with Crippen molar-refractivity contribution in [3.05, 3.63) is 0 Å². The Labute approximate surface area is 73.0 Å². The van der Waals surface area contributed by atoms with E-state index in [2.05, 4.69) is 0 Å². The first-order valence-electron chi connectivity index (χ1n) is 2.20. The van der Waals surface area contributed by atoms with E-state index < -0.39 is 24.3 Å². The van der Waals surface area contributed by atoms with Gasteiger partial charge in [-0.25, -0.2) is 18.4 Å². The standard InChI is InChI=1S/C4H4F2O4.4FH/c5-1(3(7)8)2(6)4(9)10;;;;/h1-2H,(H,7,8)(H,9,10);4*1H. The van der Waals surface area contributed by atoms with Gasteiger partial charge in [0.1, 0.15) is 0 Å². The fourth-order valence-corrected chi connectivity index (χ4v) is 0.250. The van der Waals surface area contributed by atoms with E-state index in [0.29, 0.717) is 0 Å². The van der Waals surface area contributed by atoms with Crippen LogP contribution in [-0.2, 0) is 9.59 Å². The zero-order valence-corrected chi connectivity index (χ0v) is 6.25. The number of hydrogen-bond acceptors (Lipinski definition) is 2. The van der Waals surface area contributed by atoms with Crippen LogP contribution in [0, 0.1) is 0 Å². The molecule has 0 aliphatic rings. The van der Waals surface area contributed by atoms with Crippen molar-refractivity contribution in [3.8, 4) is 0 Å². The Morgan fingerprint density at radius 2 is 0.929 bits per heavy atom. The van der Waals surface area contributed by atoms with Crippen LogP contribution in [-0.4, -0.2) is 34.5 Å². The van der Waals surface area contributed by atoms with Gasteiger partial charge in [-0.1, -0.05) is 0 Å². The smallest absolute Gasteiger partial charge is 0.342 e. The molecule has 0 heterocycles. The quantitative estimate of drug-likeness (QED) is 0.695. The molecule has 2 unspecified atom stereocenters. The Morgan fingerprint density at radius 1 is 0.786 bits per heavy atom. The number of rotatable bonds is 3. The minimum Gasteiger partial charge on any atom is -0.479 e. The molecule has 2 atom stereocenters. The van der Waals surface area contributed by atoms with Gasteiger partial charge in [-0.2, -0.15) is 0 Å². The molecule has 0 aromatic heterocycles. The van der Waals surface area contributed by atoms with E-state index in [1.54, 1.807) is 0 Å². The average molecular weight is 234 g/mol. The highest BCUT2D eigenvalue weighted by atomic mass is 19.2. The van der Waals surface area contributed by atoms with Gasteiger partial charge in [-0.3, -0.25) is 18.8 Å². The molecule has 14 heavy (non-hydrogen) atoms. The lowest BCUT2D eigenvalue weighted by Crippen LogP contribution is -2.32. The highest BCUT2D eigenvalue weighted by molar-refractivity contribution is 5.83. The van der Waals surface area contributed by atoms with Crippen LogP contribution in [0.25, 0.3) is 0 Å². The summed E-state index contributed by atoms with van der Waals surface area (Å²) in [5, 5.41) is 15.4. The molecule has 0 amide bonds. The van der Waals surface area contributed by atoms with E-state index in [1.165, 1.54) is 0 Å². The van der Waals surface area contributed by atoms with Crippen LogP contribution in [0.2, 0.25) is 0 Å². The molecule has 0 fully saturated rings. The monoisotopic (exact) mass is 234 g/mol. The number of carboxylic acids is 2. The molecule has 90 valence electrons. The van der Waals surface area contributed by atoms with Gasteiger partial charge in [-0.05, 0) is 0 Å². The predicted molar refractivity (Wildman–Crippen MR) is 35.1 cm³/mol. The maximum absolute atomic E-state index is 11.8. The van der Waals surface area contributed by atoms with E-state index in [0.717, 1.165) is 0 Å². The van der Waals surface area contributed by atoms with E-state index in [4.69, 9.17) is 10.2 Å². The molecule has 0 aromatic rings. The van der Waals surface area contributed by atoms with Crippen molar-refractivity contribution < 1.29 is 47.4 Å². The normalized spacial score (nSPS) is 11.3. The van der Waals surface area contributed by atoms with Gasteiger partial charge in [0.15, 0.2) is 0 Å². The summed E-state index contributed by atoms with van der Waals surface area (Å²) < 4.78 is 23.6. The Balaban J connectivity index is -0.0000000675. The fourth-order valence-electron chi connectivity index (χ4n) is 0.250. The summed E-state index contributed by atoms with van der Waals surface area (Å²) in [5.41, 5.74) is 0. The van der Waals surface area contributed by atoms with Gasteiger partial charge in [0.05, 0.1) is 0 Å². The Bertz CT molecular complexity index is 146. The van der Waals surface area contributed by atoms with Crippen LogP contribution in [0.4, 0.5) is 27.6 Å². The van der Waals surface area contributed by atoms with Crippen molar-refractivity contribution in [1.82, 2.24) is 0 Å². The zero-order chi connectivity index (χ0) is 8.31. The van der Waals surface area contributed by atoms with Crippen molar-refractivity contribution in [2.24, 2.45) is 0 Å². The second-order valence-corrected chi connectivity index (χ2v) is 1.48. The molecule has 0 aliphatic carbocycles. The Kier molecular flexibility index (Phi) is 24.2. The van der Waals surface area contributed by atoms with Crippen LogP contribution >= 0.6 is 0 Å². The molecule has 4 nitrogen and oxygen atoms in total. The lowest BCUT2D eigenvalue weighted by molar-refractivity contribution is -0.155. The van der Waals surface area contributed by atoms with Crippen molar-refractivity contribution >= 4 is 11.9 Å². The van der Waals surface area contributed by atoms with Crippen molar-refractivity contribution in [3.63, 3.8) is 0 Å².